The van der Waals surface area contributed by atoms with Crippen LogP contribution in [0, 0.1) is 17.0 Å². The van der Waals surface area contributed by atoms with Gasteiger partial charge in [-0.05, 0) is 30.7 Å². The number of amides is 1. The van der Waals surface area contributed by atoms with Gasteiger partial charge in [0.2, 0.25) is 0 Å². The van der Waals surface area contributed by atoms with Crippen molar-refractivity contribution in [2.45, 2.75) is 6.92 Å². The second kappa shape index (κ2) is 5.48. The molecule has 2 rings (SSSR count). The van der Waals surface area contributed by atoms with Crippen LogP contribution in [0.3, 0.4) is 0 Å². The number of carbonyl (C=O) groups is 1. The Bertz CT molecular complexity index is 699. The summed E-state index contributed by atoms with van der Waals surface area (Å²) in [6.07, 6.45) is 0. The number of aryl methyl sites for hydroxylation is 1. The average molecular weight is 313 g/mol. The molecule has 1 amide bonds. The van der Waals surface area contributed by atoms with E-state index < -0.39 is 10.8 Å². The molecule has 0 spiro atoms. The van der Waals surface area contributed by atoms with Gasteiger partial charge in [-0.25, -0.2) is 0 Å². The first-order valence-electron chi connectivity index (χ1n) is 5.43. The van der Waals surface area contributed by atoms with E-state index in [1.807, 2.05) is 0 Å². The smallest absolute Gasteiger partial charge is 0.299 e. The number of rotatable bonds is 3. The molecule has 0 aliphatic heterocycles. The number of benzene rings is 1. The quantitative estimate of drug-likeness (QED) is 0.514. The normalized spacial score (nSPS) is 10.3. The maximum absolute atomic E-state index is 12.0. The van der Waals surface area contributed by atoms with Crippen LogP contribution in [0.25, 0.3) is 0 Å². The molecule has 0 aliphatic carbocycles. The van der Waals surface area contributed by atoms with Crippen LogP contribution in [-0.4, -0.2) is 15.9 Å². The summed E-state index contributed by atoms with van der Waals surface area (Å²) in [5.41, 5.74) is 0.903. The highest BCUT2D eigenvalue weighted by Crippen LogP contribution is 2.34. The van der Waals surface area contributed by atoms with Crippen molar-refractivity contribution >= 4 is 40.2 Å². The van der Waals surface area contributed by atoms with Crippen molar-refractivity contribution in [2.75, 3.05) is 5.32 Å². The molecule has 0 fully saturated rings. The number of hydrogen-bond donors (Lipinski definition) is 2. The molecule has 20 heavy (non-hydrogen) atoms. The molecule has 2 N–H and O–H groups in total. The van der Waals surface area contributed by atoms with Gasteiger partial charge >= 0.3 is 0 Å². The number of nitrogens with zero attached hydrogens (tertiary/aromatic N) is 1. The minimum Gasteiger partial charge on any atom is -0.508 e. The van der Waals surface area contributed by atoms with Crippen molar-refractivity contribution in [3.05, 3.63) is 49.2 Å². The van der Waals surface area contributed by atoms with Crippen molar-refractivity contribution < 1.29 is 14.8 Å². The molecule has 0 saturated carbocycles. The second-order valence-electron chi connectivity index (χ2n) is 3.98. The third kappa shape index (κ3) is 2.89. The lowest BCUT2D eigenvalue weighted by molar-refractivity contribution is -0.384. The highest BCUT2D eigenvalue weighted by atomic mass is 35.5. The van der Waals surface area contributed by atoms with E-state index in [9.17, 15) is 20.0 Å². The van der Waals surface area contributed by atoms with Gasteiger partial charge < -0.3 is 10.4 Å². The monoisotopic (exact) mass is 312 g/mol. The zero-order valence-electron chi connectivity index (χ0n) is 10.2. The fourth-order valence-electron chi connectivity index (χ4n) is 1.57. The van der Waals surface area contributed by atoms with Crippen LogP contribution < -0.4 is 5.32 Å². The molecule has 2 aromatic rings. The summed E-state index contributed by atoms with van der Waals surface area (Å²) in [5, 5.41) is 22.6. The minimum atomic E-state index is -0.637. The van der Waals surface area contributed by atoms with Crippen LogP contribution in [0.1, 0.15) is 15.2 Å². The number of thiophene rings is 1. The average Bonchev–Trinajstić information content (AvgIpc) is 2.75. The standard InChI is InChI=1S/C12H9ClN2O4S/c1-6-4-7(16)2-3-8(6)14-12(17)10-5-9(15(18)19)11(13)20-10/h2-5,16H,1H3,(H,14,17). The molecule has 8 heteroatoms. The summed E-state index contributed by atoms with van der Waals surface area (Å²) in [4.78, 5) is 22.2. The number of phenolic OH excluding ortho intramolecular Hbond substituents is 1. The van der Waals surface area contributed by atoms with Crippen LogP contribution >= 0.6 is 22.9 Å². The fraction of sp³-hybridized carbons (Fsp3) is 0.0833. The summed E-state index contributed by atoms with van der Waals surface area (Å²) >= 11 is 6.54. The van der Waals surface area contributed by atoms with Gasteiger partial charge in [0.25, 0.3) is 11.6 Å². The van der Waals surface area contributed by atoms with Crippen LogP contribution in [0.5, 0.6) is 5.75 Å². The Hall–Kier alpha value is -2.12. The number of anilines is 1. The van der Waals surface area contributed by atoms with E-state index in [1.54, 1.807) is 13.0 Å². The lowest BCUT2D eigenvalue weighted by atomic mass is 10.2. The molecule has 0 aliphatic rings. The molecule has 6 nitrogen and oxygen atoms in total. The first kappa shape index (κ1) is 14.3. The summed E-state index contributed by atoms with van der Waals surface area (Å²) in [5.74, 6) is -0.394. The number of phenols is 1. The number of halogens is 1. The van der Waals surface area contributed by atoms with E-state index in [0.29, 0.717) is 11.3 Å². The number of nitro groups is 1. The van der Waals surface area contributed by atoms with Gasteiger partial charge in [0, 0.05) is 11.8 Å². The van der Waals surface area contributed by atoms with Crippen molar-refractivity contribution in [3.8, 4) is 5.75 Å². The van der Waals surface area contributed by atoms with Crippen molar-refractivity contribution in [1.82, 2.24) is 0 Å². The van der Waals surface area contributed by atoms with Gasteiger partial charge in [-0.15, -0.1) is 11.3 Å². The van der Waals surface area contributed by atoms with Crippen molar-refractivity contribution in [2.24, 2.45) is 0 Å². The Morgan fingerprint density at radius 2 is 2.15 bits per heavy atom. The third-order valence-electron chi connectivity index (χ3n) is 2.55. The summed E-state index contributed by atoms with van der Waals surface area (Å²) in [6, 6.07) is 5.62. The predicted molar refractivity (Wildman–Crippen MR) is 76.8 cm³/mol. The van der Waals surface area contributed by atoms with Crippen LogP contribution in [-0.2, 0) is 0 Å². The molecular weight excluding hydrogens is 304 g/mol. The third-order valence-corrected chi connectivity index (χ3v) is 3.88. The van der Waals surface area contributed by atoms with Gasteiger partial charge in [0.05, 0.1) is 4.92 Å². The van der Waals surface area contributed by atoms with Gasteiger partial charge in [0.1, 0.15) is 10.6 Å². The van der Waals surface area contributed by atoms with Gasteiger partial charge in [-0.2, -0.15) is 0 Å². The number of hydrogen-bond acceptors (Lipinski definition) is 5. The maximum Gasteiger partial charge on any atom is 0.299 e. The predicted octanol–water partition coefficient (Wildman–Crippen LogP) is 3.58. The van der Waals surface area contributed by atoms with Crippen LogP contribution in [0.15, 0.2) is 24.3 Å². The zero-order chi connectivity index (χ0) is 14.9. The highest BCUT2D eigenvalue weighted by Gasteiger charge is 2.21. The lowest BCUT2D eigenvalue weighted by Crippen LogP contribution is -2.11. The minimum absolute atomic E-state index is 0.0393. The fourth-order valence-corrected chi connectivity index (χ4v) is 2.69. The van der Waals surface area contributed by atoms with Gasteiger partial charge in [-0.3, -0.25) is 14.9 Å². The number of carbonyl (C=O) groups excluding carboxylic acids is 1. The van der Waals surface area contributed by atoms with E-state index in [4.69, 9.17) is 11.6 Å². The molecule has 0 bridgehead atoms. The number of nitrogens with one attached hydrogen (secondary N) is 1. The molecular formula is C12H9ClN2O4S. The van der Waals surface area contributed by atoms with Crippen LogP contribution in [0.2, 0.25) is 4.34 Å². The molecule has 1 aromatic heterocycles. The summed E-state index contributed by atoms with van der Waals surface area (Å²) < 4.78 is -0.0393. The Labute approximate surface area is 122 Å². The lowest BCUT2D eigenvalue weighted by Gasteiger charge is -2.07. The second-order valence-corrected chi connectivity index (χ2v) is 5.63. The zero-order valence-corrected chi connectivity index (χ0v) is 11.8. The summed E-state index contributed by atoms with van der Waals surface area (Å²) in [7, 11) is 0. The van der Waals surface area contributed by atoms with Crippen LogP contribution in [0.4, 0.5) is 11.4 Å². The molecule has 1 heterocycles. The molecule has 104 valence electrons. The molecule has 0 atom stereocenters. The van der Waals surface area contributed by atoms with Gasteiger partial charge in [0.15, 0.2) is 4.34 Å². The van der Waals surface area contributed by atoms with E-state index in [2.05, 4.69) is 5.32 Å². The molecule has 0 radical (unpaired) electrons. The van der Waals surface area contributed by atoms with E-state index in [1.165, 1.54) is 12.1 Å². The largest absolute Gasteiger partial charge is 0.508 e. The van der Waals surface area contributed by atoms with Crippen molar-refractivity contribution in [3.63, 3.8) is 0 Å². The maximum atomic E-state index is 12.0. The van der Waals surface area contributed by atoms with E-state index >= 15 is 0 Å². The van der Waals surface area contributed by atoms with E-state index in [-0.39, 0.29) is 20.7 Å². The first-order chi connectivity index (χ1) is 9.38. The molecule has 0 saturated heterocycles. The van der Waals surface area contributed by atoms with E-state index in [0.717, 1.165) is 17.4 Å². The molecule has 0 unspecified atom stereocenters. The van der Waals surface area contributed by atoms with Gasteiger partial charge in [-0.1, -0.05) is 11.6 Å². The summed E-state index contributed by atoms with van der Waals surface area (Å²) in [6.45, 7) is 1.72. The Kier molecular flexibility index (Phi) is 3.91. The van der Waals surface area contributed by atoms with Crippen molar-refractivity contribution in [1.29, 1.82) is 0 Å². The molecule has 1 aromatic carbocycles. The Morgan fingerprint density at radius 1 is 1.45 bits per heavy atom. The topological polar surface area (TPSA) is 92.5 Å². The Balaban J connectivity index is 2.24. The SMILES string of the molecule is Cc1cc(O)ccc1NC(=O)c1cc([N+](=O)[O-])c(Cl)s1. The first-order valence-corrected chi connectivity index (χ1v) is 6.62. The Morgan fingerprint density at radius 3 is 2.70 bits per heavy atom. The number of aromatic hydroxyl groups is 1. The highest BCUT2D eigenvalue weighted by molar-refractivity contribution is 7.18.